The first-order valence-corrected chi connectivity index (χ1v) is 8.54. The highest BCUT2D eigenvalue weighted by Gasteiger charge is 2.32. The van der Waals surface area contributed by atoms with Crippen LogP contribution in [0.3, 0.4) is 0 Å². The summed E-state index contributed by atoms with van der Waals surface area (Å²) in [6.45, 7) is 8.33. The monoisotopic (exact) mass is 312 g/mol. The maximum Gasteiger partial charge on any atom is 0.118 e. The fourth-order valence-electron chi connectivity index (χ4n) is 3.43. The van der Waals surface area contributed by atoms with E-state index in [0.717, 1.165) is 36.8 Å². The fraction of sp³-hybridized carbons (Fsp3) is 0.429. The zero-order valence-electron chi connectivity index (χ0n) is 14.7. The molecule has 0 heterocycles. The second-order valence-electron chi connectivity index (χ2n) is 6.54. The number of benzene rings is 2. The van der Waals surface area contributed by atoms with Crippen molar-refractivity contribution in [3.8, 4) is 11.5 Å². The lowest BCUT2D eigenvalue weighted by Gasteiger charge is -2.35. The van der Waals surface area contributed by atoms with Crippen LogP contribution < -0.4 is 0 Å². The molecule has 124 valence electrons. The van der Waals surface area contributed by atoms with Crippen LogP contribution in [-0.4, -0.2) is 10.2 Å². The molecule has 0 amide bonds. The Kier molecular flexibility index (Phi) is 5.35. The molecule has 2 aromatic rings. The SMILES string of the molecule is CCCCC(CC)(c1ccc(O)c(C)c1)c1ccc(O)c(C)c1. The molecule has 2 aromatic carbocycles. The van der Waals surface area contributed by atoms with Gasteiger partial charge in [-0.25, -0.2) is 0 Å². The van der Waals surface area contributed by atoms with E-state index in [9.17, 15) is 10.2 Å². The van der Waals surface area contributed by atoms with E-state index in [0.29, 0.717) is 11.5 Å². The van der Waals surface area contributed by atoms with Gasteiger partial charge in [-0.05, 0) is 61.1 Å². The number of aromatic hydroxyl groups is 2. The molecule has 2 heteroatoms. The maximum absolute atomic E-state index is 9.88. The first-order valence-electron chi connectivity index (χ1n) is 8.54. The van der Waals surface area contributed by atoms with Crippen LogP contribution in [0.15, 0.2) is 36.4 Å². The zero-order chi connectivity index (χ0) is 17.0. The summed E-state index contributed by atoms with van der Waals surface area (Å²) in [5.41, 5.74) is 4.23. The minimum atomic E-state index is -0.0765. The Morgan fingerprint density at radius 1 is 0.826 bits per heavy atom. The number of aryl methyl sites for hydroxylation is 2. The lowest BCUT2D eigenvalue weighted by Crippen LogP contribution is -2.27. The van der Waals surface area contributed by atoms with Crippen molar-refractivity contribution in [1.82, 2.24) is 0 Å². The minimum Gasteiger partial charge on any atom is -0.508 e. The lowest BCUT2D eigenvalue weighted by molar-refractivity contribution is 0.431. The number of unbranched alkanes of at least 4 members (excludes halogenated alkanes) is 1. The molecule has 0 unspecified atom stereocenters. The van der Waals surface area contributed by atoms with E-state index in [2.05, 4.69) is 26.0 Å². The van der Waals surface area contributed by atoms with Crippen molar-refractivity contribution < 1.29 is 10.2 Å². The summed E-state index contributed by atoms with van der Waals surface area (Å²) in [5.74, 6) is 0.687. The Morgan fingerprint density at radius 2 is 1.30 bits per heavy atom. The van der Waals surface area contributed by atoms with Gasteiger partial charge in [0.15, 0.2) is 0 Å². The van der Waals surface area contributed by atoms with Gasteiger partial charge in [0.05, 0.1) is 0 Å². The van der Waals surface area contributed by atoms with Gasteiger partial charge in [0.1, 0.15) is 11.5 Å². The third-order valence-electron chi connectivity index (χ3n) is 5.06. The van der Waals surface area contributed by atoms with Gasteiger partial charge in [-0.1, -0.05) is 51.0 Å². The average molecular weight is 312 g/mol. The highest BCUT2D eigenvalue weighted by molar-refractivity contribution is 5.47. The normalized spacial score (nSPS) is 11.7. The molecule has 0 radical (unpaired) electrons. The molecule has 0 saturated heterocycles. The van der Waals surface area contributed by atoms with Gasteiger partial charge in [-0.15, -0.1) is 0 Å². The second kappa shape index (κ2) is 7.08. The van der Waals surface area contributed by atoms with E-state index in [1.54, 1.807) is 12.1 Å². The van der Waals surface area contributed by atoms with Crippen molar-refractivity contribution in [3.05, 3.63) is 58.7 Å². The van der Waals surface area contributed by atoms with Crippen LogP contribution in [0.1, 0.15) is 61.8 Å². The Bertz CT molecular complexity index is 622. The van der Waals surface area contributed by atoms with Gasteiger partial charge in [0, 0.05) is 5.41 Å². The second-order valence-corrected chi connectivity index (χ2v) is 6.54. The summed E-state index contributed by atoms with van der Waals surface area (Å²) in [6.07, 6.45) is 4.35. The molecule has 23 heavy (non-hydrogen) atoms. The maximum atomic E-state index is 9.88. The average Bonchev–Trinajstić information content (AvgIpc) is 2.54. The van der Waals surface area contributed by atoms with Crippen LogP contribution in [-0.2, 0) is 5.41 Å². The molecule has 0 aliphatic heterocycles. The number of hydrogen-bond acceptors (Lipinski definition) is 2. The molecule has 2 N–H and O–H groups in total. The number of hydrogen-bond donors (Lipinski definition) is 2. The molecule has 2 rings (SSSR count). The van der Waals surface area contributed by atoms with Crippen molar-refractivity contribution >= 4 is 0 Å². The van der Waals surface area contributed by atoms with Gasteiger partial charge in [0.25, 0.3) is 0 Å². The van der Waals surface area contributed by atoms with Crippen LogP contribution in [0.5, 0.6) is 11.5 Å². The summed E-state index contributed by atoms with van der Waals surface area (Å²) >= 11 is 0. The molecule has 0 spiro atoms. The molecule has 0 atom stereocenters. The summed E-state index contributed by atoms with van der Waals surface area (Å²) in [5, 5.41) is 19.8. The summed E-state index contributed by atoms with van der Waals surface area (Å²) in [4.78, 5) is 0. The Balaban J connectivity index is 2.62. The topological polar surface area (TPSA) is 40.5 Å². The largest absolute Gasteiger partial charge is 0.508 e. The molecule has 0 aromatic heterocycles. The van der Waals surface area contributed by atoms with Crippen molar-refractivity contribution in [3.63, 3.8) is 0 Å². The van der Waals surface area contributed by atoms with Gasteiger partial charge < -0.3 is 10.2 Å². The van der Waals surface area contributed by atoms with Gasteiger partial charge >= 0.3 is 0 Å². The van der Waals surface area contributed by atoms with E-state index in [-0.39, 0.29) is 5.41 Å². The number of phenols is 2. The standard InChI is InChI=1S/C21H28O2/c1-5-7-12-21(6-2,17-8-10-19(22)15(3)13-17)18-9-11-20(23)16(4)14-18/h8-11,13-14,22-23H,5-7,12H2,1-4H3. The van der Waals surface area contributed by atoms with Gasteiger partial charge in [-0.2, -0.15) is 0 Å². The molecular weight excluding hydrogens is 284 g/mol. The minimum absolute atomic E-state index is 0.0765. The van der Waals surface area contributed by atoms with Gasteiger partial charge in [-0.3, -0.25) is 0 Å². The zero-order valence-corrected chi connectivity index (χ0v) is 14.7. The predicted octanol–water partition coefficient (Wildman–Crippen LogP) is 5.60. The number of rotatable bonds is 6. The van der Waals surface area contributed by atoms with E-state index in [1.165, 1.54) is 11.1 Å². The molecule has 0 aliphatic rings. The van der Waals surface area contributed by atoms with Crippen LogP contribution in [0.25, 0.3) is 0 Å². The highest BCUT2D eigenvalue weighted by Crippen LogP contribution is 2.42. The summed E-state index contributed by atoms with van der Waals surface area (Å²) in [6, 6.07) is 11.9. The van der Waals surface area contributed by atoms with Crippen molar-refractivity contribution in [2.75, 3.05) is 0 Å². The van der Waals surface area contributed by atoms with Gasteiger partial charge in [0.2, 0.25) is 0 Å². The van der Waals surface area contributed by atoms with Crippen molar-refractivity contribution in [2.24, 2.45) is 0 Å². The van der Waals surface area contributed by atoms with Crippen LogP contribution in [0.2, 0.25) is 0 Å². The van der Waals surface area contributed by atoms with E-state index >= 15 is 0 Å². The van der Waals surface area contributed by atoms with Crippen LogP contribution in [0, 0.1) is 13.8 Å². The van der Waals surface area contributed by atoms with Crippen LogP contribution in [0.4, 0.5) is 0 Å². The predicted molar refractivity (Wildman–Crippen MR) is 96.3 cm³/mol. The van der Waals surface area contributed by atoms with E-state index in [1.807, 2.05) is 26.0 Å². The third-order valence-corrected chi connectivity index (χ3v) is 5.06. The molecular formula is C21H28O2. The van der Waals surface area contributed by atoms with E-state index in [4.69, 9.17) is 0 Å². The highest BCUT2D eigenvalue weighted by atomic mass is 16.3. The van der Waals surface area contributed by atoms with Crippen molar-refractivity contribution in [1.29, 1.82) is 0 Å². The van der Waals surface area contributed by atoms with E-state index < -0.39 is 0 Å². The van der Waals surface area contributed by atoms with Crippen LogP contribution >= 0.6 is 0 Å². The molecule has 0 saturated carbocycles. The Labute approximate surface area is 139 Å². The molecule has 2 nitrogen and oxygen atoms in total. The van der Waals surface area contributed by atoms with Crippen molar-refractivity contribution in [2.45, 2.75) is 58.8 Å². The Hall–Kier alpha value is -1.96. The number of phenolic OH excluding ortho intramolecular Hbond substituents is 2. The quantitative estimate of drug-likeness (QED) is 0.728. The molecule has 0 aliphatic carbocycles. The Morgan fingerprint density at radius 3 is 1.65 bits per heavy atom. The molecule has 0 bridgehead atoms. The smallest absolute Gasteiger partial charge is 0.118 e. The fourth-order valence-corrected chi connectivity index (χ4v) is 3.43. The third kappa shape index (κ3) is 3.36. The summed E-state index contributed by atoms with van der Waals surface area (Å²) < 4.78 is 0. The first-order chi connectivity index (χ1) is 10.9. The lowest BCUT2D eigenvalue weighted by atomic mass is 9.68. The first kappa shape index (κ1) is 17.4. The molecule has 0 fully saturated rings. The summed E-state index contributed by atoms with van der Waals surface area (Å²) in [7, 11) is 0.